The van der Waals surface area contributed by atoms with Gasteiger partial charge in [0.25, 0.3) is 5.91 Å². The number of nitrogens with zero attached hydrogens (tertiary/aromatic N) is 3. The highest BCUT2D eigenvalue weighted by Crippen LogP contribution is 2.34. The van der Waals surface area contributed by atoms with Crippen LogP contribution in [0.15, 0.2) is 24.3 Å². The summed E-state index contributed by atoms with van der Waals surface area (Å²) in [6.07, 6.45) is 1.24. The van der Waals surface area contributed by atoms with Crippen LogP contribution >= 0.6 is 0 Å². The monoisotopic (exact) mass is 329 g/mol. The van der Waals surface area contributed by atoms with E-state index < -0.39 is 6.10 Å². The van der Waals surface area contributed by atoms with Crippen LogP contribution in [0.4, 0.5) is 5.69 Å². The summed E-state index contributed by atoms with van der Waals surface area (Å²) in [5.41, 5.74) is 0.672. The molecule has 126 valence electrons. The van der Waals surface area contributed by atoms with Crippen molar-refractivity contribution in [3.63, 3.8) is 0 Å². The molecule has 4 rings (SSSR count). The van der Waals surface area contributed by atoms with Gasteiger partial charge in [-0.25, -0.2) is 0 Å². The molecule has 0 N–H and O–H groups in total. The maximum absolute atomic E-state index is 12.8. The van der Waals surface area contributed by atoms with Gasteiger partial charge in [0.2, 0.25) is 11.8 Å². The molecule has 1 atom stereocenters. The minimum atomic E-state index is -0.782. The molecular formula is C17H19N3O4. The van der Waals surface area contributed by atoms with Gasteiger partial charge in [0.1, 0.15) is 12.3 Å². The van der Waals surface area contributed by atoms with E-state index in [1.54, 1.807) is 28.0 Å². The van der Waals surface area contributed by atoms with E-state index in [2.05, 4.69) is 0 Å². The number of anilines is 1. The number of benzene rings is 1. The summed E-state index contributed by atoms with van der Waals surface area (Å²) < 4.78 is 5.82. The molecule has 2 heterocycles. The van der Waals surface area contributed by atoms with Crippen LogP contribution < -0.4 is 9.64 Å². The highest BCUT2D eigenvalue weighted by Gasteiger charge is 2.43. The quantitative estimate of drug-likeness (QED) is 0.796. The number of amides is 3. The minimum absolute atomic E-state index is 0.00881. The minimum Gasteiger partial charge on any atom is -0.476 e. The van der Waals surface area contributed by atoms with Crippen LogP contribution in [0.5, 0.6) is 5.75 Å². The van der Waals surface area contributed by atoms with Crippen molar-refractivity contribution in [2.24, 2.45) is 0 Å². The molecule has 1 aliphatic carbocycles. The van der Waals surface area contributed by atoms with Gasteiger partial charge in [-0.1, -0.05) is 12.1 Å². The van der Waals surface area contributed by atoms with E-state index in [0.717, 1.165) is 12.8 Å². The summed E-state index contributed by atoms with van der Waals surface area (Å²) in [5, 5.41) is 0. The lowest BCUT2D eigenvalue weighted by atomic mass is 10.1. The SMILES string of the molecule is CC(=O)N1CC(C(=O)N2CC(=O)N(C3CC3)C2)Oc2ccccc21. The first-order valence-corrected chi connectivity index (χ1v) is 8.16. The number of carbonyl (C=O) groups excluding carboxylic acids is 3. The fourth-order valence-electron chi connectivity index (χ4n) is 3.28. The van der Waals surface area contributed by atoms with E-state index in [-0.39, 0.29) is 36.9 Å². The van der Waals surface area contributed by atoms with Gasteiger partial charge >= 0.3 is 0 Å². The summed E-state index contributed by atoms with van der Waals surface area (Å²) in [5.74, 6) is 0.125. The molecule has 0 aromatic heterocycles. The summed E-state index contributed by atoms with van der Waals surface area (Å²) in [7, 11) is 0. The van der Waals surface area contributed by atoms with Crippen LogP contribution in [0.25, 0.3) is 0 Å². The maximum atomic E-state index is 12.8. The molecular weight excluding hydrogens is 310 g/mol. The predicted octanol–water partition coefficient (Wildman–Crippen LogP) is 0.591. The molecule has 3 amide bonds. The topological polar surface area (TPSA) is 70.2 Å². The van der Waals surface area contributed by atoms with Crippen LogP contribution in [0, 0.1) is 0 Å². The zero-order valence-electron chi connectivity index (χ0n) is 13.5. The van der Waals surface area contributed by atoms with Crippen molar-refractivity contribution in [2.45, 2.75) is 31.9 Å². The Morgan fingerprint density at radius 3 is 2.67 bits per heavy atom. The first-order valence-electron chi connectivity index (χ1n) is 8.16. The van der Waals surface area contributed by atoms with Crippen LogP contribution in [0.1, 0.15) is 19.8 Å². The lowest BCUT2D eigenvalue weighted by Crippen LogP contribution is -2.51. The van der Waals surface area contributed by atoms with Gasteiger partial charge in [0.05, 0.1) is 18.9 Å². The number of ether oxygens (including phenoxy) is 1. The second kappa shape index (κ2) is 5.51. The second-order valence-corrected chi connectivity index (χ2v) is 6.48. The Kier molecular flexibility index (Phi) is 3.44. The molecule has 1 aromatic carbocycles. The largest absolute Gasteiger partial charge is 0.476 e. The van der Waals surface area contributed by atoms with Gasteiger partial charge in [-0.2, -0.15) is 0 Å². The van der Waals surface area contributed by atoms with Crippen molar-refractivity contribution in [1.82, 2.24) is 9.80 Å². The molecule has 7 nitrogen and oxygen atoms in total. The predicted molar refractivity (Wildman–Crippen MR) is 85.3 cm³/mol. The van der Waals surface area contributed by atoms with Crippen molar-refractivity contribution >= 4 is 23.4 Å². The number of rotatable bonds is 2. The number of hydrogen-bond donors (Lipinski definition) is 0. The second-order valence-electron chi connectivity index (χ2n) is 6.48. The summed E-state index contributed by atoms with van der Waals surface area (Å²) in [6, 6.07) is 7.46. The van der Waals surface area contributed by atoms with Gasteiger partial charge in [0.15, 0.2) is 6.10 Å². The van der Waals surface area contributed by atoms with Gasteiger partial charge in [0, 0.05) is 13.0 Å². The Morgan fingerprint density at radius 1 is 1.21 bits per heavy atom. The normalized spacial score (nSPS) is 23.1. The molecule has 0 spiro atoms. The highest BCUT2D eigenvalue weighted by molar-refractivity contribution is 5.97. The molecule has 1 saturated carbocycles. The molecule has 1 aromatic rings. The number of carbonyl (C=O) groups is 3. The molecule has 7 heteroatoms. The third kappa shape index (κ3) is 2.50. The van der Waals surface area contributed by atoms with Gasteiger partial charge in [-0.15, -0.1) is 0 Å². The van der Waals surface area contributed by atoms with Crippen LogP contribution in [-0.4, -0.2) is 59.4 Å². The van der Waals surface area contributed by atoms with E-state index in [4.69, 9.17) is 4.74 Å². The van der Waals surface area contributed by atoms with E-state index in [0.29, 0.717) is 18.1 Å². The first kappa shape index (κ1) is 15.0. The molecule has 0 bridgehead atoms. The fourth-order valence-corrected chi connectivity index (χ4v) is 3.28. The number of para-hydroxylation sites is 2. The standard InChI is InChI=1S/C17H19N3O4/c1-11(21)19-8-15(24-14-5-3-2-4-13(14)19)17(23)18-9-16(22)20(10-18)12-6-7-12/h2-5,12,15H,6-10H2,1H3. The van der Waals surface area contributed by atoms with Gasteiger partial charge in [-0.3, -0.25) is 14.4 Å². The lowest BCUT2D eigenvalue weighted by molar-refractivity contribution is -0.138. The van der Waals surface area contributed by atoms with Crippen LogP contribution in [0.3, 0.4) is 0 Å². The highest BCUT2D eigenvalue weighted by atomic mass is 16.5. The molecule has 24 heavy (non-hydrogen) atoms. The average Bonchev–Trinajstić information content (AvgIpc) is 3.35. The van der Waals surface area contributed by atoms with Crippen LogP contribution in [0.2, 0.25) is 0 Å². The summed E-state index contributed by atoms with van der Waals surface area (Å²) in [4.78, 5) is 41.6. The molecule has 2 fully saturated rings. The molecule has 3 aliphatic rings. The molecule has 1 unspecified atom stereocenters. The van der Waals surface area contributed by atoms with E-state index in [9.17, 15) is 14.4 Å². The third-order valence-electron chi connectivity index (χ3n) is 4.70. The Labute approximate surface area is 139 Å². The Bertz CT molecular complexity index is 716. The van der Waals surface area contributed by atoms with Crippen molar-refractivity contribution in [1.29, 1.82) is 0 Å². The Morgan fingerprint density at radius 2 is 1.96 bits per heavy atom. The Hall–Kier alpha value is -2.57. The van der Waals surface area contributed by atoms with Crippen molar-refractivity contribution < 1.29 is 19.1 Å². The molecule has 1 saturated heterocycles. The molecule has 2 aliphatic heterocycles. The zero-order chi connectivity index (χ0) is 16.8. The first-order chi connectivity index (χ1) is 11.5. The van der Waals surface area contributed by atoms with Crippen molar-refractivity contribution in [2.75, 3.05) is 24.7 Å². The van der Waals surface area contributed by atoms with Crippen molar-refractivity contribution in [3.05, 3.63) is 24.3 Å². The van der Waals surface area contributed by atoms with Gasteiger partial charge < -0.3 is 19.4 Å². The lowest BCUT2D eigenvalue weighted by Gasteiger charge is -2.35. The van der Waals surface area contributed by atoms with Crippen LogP contribution in [-0.2, 0) is 14.4 Å². The Balaban J connectivity index is 1.53. The van der Waals surface area contributed by atoms with E-state index in [1.165, 1.54) is 11.8 Å². The van der Waals surface area contributed by atoms with E-state index in [1.807, 2.05) is 6.07 Å². The fraction of sp³-hybridized carbons (Fsp3) is 0.471. The maximum Gasteiger partial charge on any atom is 0.267 e. The van der Waals surface area contributed by atoms with E-state index >= 15 is 0 Å². The zero-order valence-corrected chi connectivity index (χ0v) is 13.5. The van der Waals surface area contributed by atoms with Crippen molar-refractivity contribution in [3.8, 4) is 5.75 Å². The smallest absolute Gasteiger partial charge is 0.267 e. The summed E-state index contributed by atoms with van der Waals surface area (Å²) in [6.45, 7) is 2.05. The third-order valence-corrected chi connectivity index (χ3v) is 4.70. The number of fused-ring (bicyclic) bond motifs is 1. The summed E-state index contributed by atoms with van der Waals surface area (Å²) >= 11 is 0. The average molecular weight is 329 g/mol. The van der Waals surface area contributed by atoms with Gasteiger partial charge in [-0.05, 0) is 25.0 Å². The number of hydrogen-bond acceptors (Lipinski definition) is 4. The molecule has 0 radical (unpaired) electrons.